The number of rotatable bonds is 6. The Morgan fingerprint density at radius 2 is 1.77 bits per heavy atom. The third kappa shape index (κ3) is 5.16. The monoisotopic (exact) mass is 212 g/mol. The van der Waals surface area contributed by atoms with Gasteiger partial charge in [-0.05, 0) is 0 Å². The number of carbonyl (C=O) groups excluding carboxylic acids is 1. The second kappa shape index (κ2) is 6.27. The van der Waals surface area contributed by atoms with Crippen molar-refractivity contribution in [1.82, 2.24) is 0 Å². The van der Waals surface area contributed by atoms with Crippen LogP contribution in [0, 0.1) is 0 Å². The van der Waals surface area contributed by atoms with Crippen LogP contribution in [-0.2, 0) is 18.6 Å². The maximum atomic E-state index is 10.9. The predicted molar refractivity (Wildman–Crippen MR) is 50.7 cm³/mol. The molecule has 0 spiro atoms. The average Bonchev–Trinajstić information content (AvgIpc) is 2.04. The molecule has 5 nitrogen and oxygen atoms in total. The predicted octanol–water partition coefficient (Wildman–Crippen LogP) is 0.720. The molecular formula is C7H17O5P. The molecule has 0 aromatic carbocycles. The van der Waals surface area contributed by atoms with Gasteiger partial charge < -0.3 is 0 Å². The third-order valence-electron chi connectivity index (χ3n) is 1.34. The van der Waals surface area contributed by atoms with Gasteiger partial charge >= 0.3 is 77.7 Å². The maximum absolute atomic E-state index is 10.9. The molecule has 13 heavy (non-hydrogen) atoms. The van der Waals surface area contributed by atoms with E-state index in [1.54, 1.807) is 13.8 Å². The minimum atomic E-state index is -3.31. The van der Waals surface area contributed by atoms with Crippen LogP contribution in [0.1, 0.15) is 13.8 Å². The first-order valence-electron chi connectivity index (χ1n) is 4.15. The quantitative estimate of drug-likeness (QED) is 0.519. The molecule has 0 aromatic rings. The zero-order chi connectivity index (χ0) is 10.3. The fourth-order valence-corrected chi connectivity index (χ4v) is 2.55. The van der Waals surface area contributed by atoms with Gasteiger partial charge in [-0.1, -0.05) is 0 Å². The van der Waals surface area contributed by atoms with Crippen molar-refractivity contribution < 1.29 is 23.5 Å². The molecule has 1 N–H and O–H groups in total. The molecule has 0 aliphatic heterocycles. The summed E-state index contributed by atoms with van der Waals surface area (Å²) in [6, 6.07) is 0. The van der Waals surface area contributed by atoms with Crippen molar-refractivity contribution in [3.8, 4) is 0 Å². The van der Waals surface area contributed by atoms with Crippen LogP contribution in [0.25, 0.3) is 0 Å². The summed E-state index contributed by atoms with van der Waals surface area (Å²) in [4.78, 5) is 20.6. The molecule has 80 valence electrons. The summed E-state index contributed by atoms with van der Waals surface area (Å²) in [7, 11) is -2.05. The number of esters is 1. The van der Waals surface area contributed by atoms with E-state index < -0.39 is 13.9 Å². The van der Waals surface area contributed by atoms with Crippen molar-refractivity contribution in [3.63, 3.8) is 0 Å². The summed E-state index contributed by atoms with van der Waals surface area (Å²) in [5.74, 6) is -0.518. The number of hydrogen-bond donors (Lipinski definition) is 1. The van der Waals surface area contributed by atoms with E-state index in [2.05, 4.69) is 4.74 Å². The molecule has 0 saturated carbocycles. The van der Waals surface area contributed by atoms with Gasteiger partial charge in [0.05, 0.1) is 0 Å². The Morgan fingerprint density at radius 1 is 1.31 bits per heavy atom. The molecule has 0 fully saturated rings. The van der Waals surface area contributed by atoms with Gasteiger partial charge in [0.25, 0.3) is 0 Å². The van der Waals surface area contributed by atoms with Crippen LogP contribution >= 0.6 is 7.94 Å². The van der Waals surface area contributed by atoms with Crippen LogP contribution in [0.3, 0.4) is 0 Å². The van der Waals surface area contributed by atoms with E-state index in [0.717, 1.165) is 0 Å². The second-order valence-electron chi connectivity index (χ2n) is 2.33. The SMILES string of the molecule is CCO[PH](O)(CC(=O)OC)OCC. The normalized spacial score (nSPS) is 12.6. The fraction of sp³-hybridized carbons (Fsp3) is 0.857. The summed E-state index contributed by atoms with van der Waals surface area (Å²) in [5, 5.41) is 0. The molecule has 0 heterocycles. The second-order valence-corrected chi connectivity index (χ2v) is 4.69. The van der Waals surface area contributed by atoms with Crippen LogP contribution in [0.15, 0.2) is 0 Å². The molecule has 0 unspecified atom stereocenters. The molecule has 0 amide bonds. The zero-order valence-electron chi connectivity index (χ0n) is 8.20. The number of ether oxygens (including phenoxy) is 1. The summed E-state index contributed by atoms with van der Waals surface area (Å²) in [5.41, 5.74) is 0. The summed E-state index contributed by atoms with van der Waals surface area (Å²) < 4.78 is 14.4. The average molecular weight is 212 g/mol. The van der Waals surface area contributed by atoms with Gasteiger partial charge in [0, 0.05) is 0 Å². The molecule has 0 aliphatic carbocycles. The van der Waals surface area contributed by atoms with E-state index in [1.807, 2.05) is 0 Å². The van der Waals surface area contributed by atoms with Gasteiger partial charge in [0.2, 0.25) is 0 Å². The molecular weight excluding hydrogens is 195 g/mol. The standard InChI is InChI=1S/C7H17O5P/c1-4-11-13(9,12-5-2)6-7(8)10-3/h9,13H,4-6H2,1-3H3. The minimum absolute atomic E-state index is 0.189. The van der Waals surface area contributed by atoms with Crippen molar-refractivity contribution in [1.29, 1.82) is 0 Å². The summed E-state index contributed by atoms with van der Waals surface area (Å²) >= 11 is 0. The van der Waals surface area contributed by atoms with Crippen molar-refractivity contribution in [3.05, 3.63) is 0 Å². The number of hydrogen-bond acceptors (Lipinski definition) is 5. The topological polar surface area (TPSA) is 65.0 Å². The number of methoxy groups -OCH3 is 1. The molecule has 0 rings (SSSR count). The first kappa shape index (κ1) is 12.8. The first-order chi connectivity index (χ1) is 6.08. The fourth-order valence-electron chi connectivity index (χ4n) is 0.849. The van der Waals surface area contributed by atoms with Crippen LogP contribution < -0.4 is 0 Å². The van der Waals surface area contributed by atoms with Crippen LogP contribution in [-0.4, -0.2) is 37.3 Å². The molecule has 0 saturated heterocycles. The Balaban J connectivity index is 4.13. The van der Waals surface area contributed by atoms with E-state index in [4.69, 9.17) is 9.05 Å². The zero-order valence-corrected chi connectivity index (χ0v) is 9.20. The van der Waals surface area contributed by atoms with Gasteiger partial charge in [0.1, 0.15) is 0 Å². The van der Waals surface area contributed by atoms with E-state index in [1.165, 1.54) is 7.11 Å². The molecule has 0 aliphatic rings. The molecule has 0 aromatic heterocycles. The summed E-state index contributed by atoms with van der Waals surface area (Å²) in [6.45, 7) is 4.10. The molecule has 0 atom stereocenters. The molecule has 0 bridgehead atoms. The molecule has 0 radical (unpaired) electrons. The Labute approximate surface area is 78.6 Å². The van der Waals surface area contributed by atoms with Crippen molar-refractivity contribution in [2.24, 2.45) is 0 Å². The Morgan fingerprint density at radius 3 is 2.08 bits per heavy atom. The van der Waals surface area contributed by atoms with Gasteiger partial charge in [-0.25, -0.2) is 0 Å². The van der Waals surface area contributed by atoms with E-state index >= 15 is 0 Å². The van der Waals surface area contributed by atoms with Gasteiger partial charge in [-0.2, -0.15) is 0 Å². The van der Waals surface area contributed by atoms with Crippen molar-refractivity contribution in [2.45, 2.75) is 13.8 Å². The van der Waals surface area contributed by atoms with E-state index in [9.17, 15) is 9.69 Å². The third-order valence-corrected chi connectivity index (χ3v) is 3.55. The van der Waals surface area contributed by atoms with E-state index in [0.29, 0.717) is 13.2 Å². The molecule has 6 heteroatoms. The Kier molecular flexibility index (Phi) is 6.16. The van der Waals surface area contributed by atoms with Gasteiger partial charge in [-0.15, -0.1) is 0 Å². The van der Waals surface area contributed by atoms with Crippen LogP contribution in [0.5, 0.6) is 0 Å². The van der Waals surface area contributed by atoms with E-state index in [-0.39, 0.29) is 6.16 Å². The summed E-state index contributed by atoms with van der Waals surface area (Å²) in [6.07, 6.45) is -0.189. The van der Waals surface area contributed by atoms with Crippen LogP contribution in [0.4, 0.5) is 0 Å². The van der Waals surface area contributed by atoms with Crippen LogP contribution in [0.2, 0.25) is 0 Å². The van der Waals surface area contributed by atoms with Gasteiger partial charge in [0.15, 0.2) is 0 Å². The van der Waals surface area contributed by atoms with Crippen molar-refractivity contribution in [2.75, 3.05) is 26.5 Å². The Hall–Kier alpha value is -0.220. The van der Waals surface area contributed by atoms with Crippen molar-refractivity contribution >= 4 is 13.9 Å². The number of carbonyl (C=O) groups is 1. The Bertz CT molecular complexity index is 155. The first-order valence-corrected chi connectivity index (χ1v) is 6.12. The van der Waals surface area contributed by atoms with Gasteiger partial charge in [-0.3, -0.25) is 0 Å².